The Bertz CT molecular complexity index is 435. The van der Waals surface area contributed by atoms with Gasteiger partial charge in [-0.3, -0.25) is 4.79 Å². The quantitative estimate of drug-likeness (QED) is 0.818. The number of nitrogens with one attached hydrogen (secondary N) is 1. The molecule has 0 aliphatic rings. The van der Waals surface area contributed by atoms with E-state index in [1.54, 1.807) is 25.3 Å². The standard InChI is InChI=1S/C14H20ClNO3/c1-9(2)12(15)8-16-14(17)11-7-10(18-3)5-6-13(11)19-4/h5-7,9,12H,8H2,1-4H3,(H,16,17). The summed E-state index contributed by atoms with van der Waals surface area (Å²) in [4.78, 5) is 12.1. The van der Waals surface area contributed by atoms with Crippen LogP contribution in [0.3, 0.4) is 0 Å². The highest BCUT2D eigenvalue weighted by Gasteiger charge is 2.16. The zero-order chi connectivity index (χ0) is 14.4. The fraction of sp³-hybridized carbons (Fsp3) is 0.500. The normalized spacial score (nSPS) is 12.1. The van der Waals surface area contributed by atoms with Crippen molar-refractivity contribution in [3.05, 3.63) is 23.8 Å². The minimum atomic E-state index is -0.220. The van der Waals surface area contributed by atoms with Crippen molar-refractivity contribution in [1.29, 1.82) is 0 Å². The Balaban J connectivity index is 2.80. The molecule has 5 heteroatoms. The summed E-state index contributed by atoms with van der Waals surface area (Å²) < 4.78 is 10.3. The second-order valence-electron chi connectivity index (χ2n) is 4.54. The van der Waals surface area contributed by atoms with Gasteiger partial charge in [0.2, 0.25) is 0 Å². The highest BCUT2D eigenvalue weighted by molar-refractivity contribution is 6.21. The molecule has 0 spiro atoms. The molecule has 0 saturated heterocycles. The number of alkyl halides is 1. The largest absolute Gasteiger partial charge is 0.497 e. The van der Waals surface area contributed by atoms with Gasteiger partial charge in [0.05, 0.1) is 25.2 Å². The summed E-state index contributed by atoms with van der Waals surface area (Å²) in [7, 11) is 3.08. The van der Waals surface area contributed by atoms with Crippen molar-refractivity contribution in [3.8, 4) is 11.5 Å². The van der Waals surface area contributed by atoms with E-state index in [2.05, 4.69) is 5.32 Å². The molecular weight excluding hydrogens is 266 g/mol. The molecular formula is C14H20ClNO3. The molecule has 0 aliphatic heterocycles. The lowest BCUT2D eigenvalue weighted by Gasteiger charge is -2.15. The Morgan fingerprint density at radius 2 is 2.00 bits per heavy atom. The predicted molar refractivity (Wildman–Crippen MR) is 76.4 cm³/mol. The maximum Gasteiger partial charge on any atom is 0.255 e. The number of carbonyl (C=O) groups excluding carboxylic acids is 1. The van der Waals surface area contributed by atoms with Crippen molar-refractivity contribution < 1.29 is 14.3 Å². The Morgan fingerprint density at radius 3 is 2.53 bits per heavy atom. The number of ether oxygens (including phenoxy) is 2. The van der Waals surface area contributed by atoms with Crippen molar-refractivity contribution in [2.75, 3.05) is 20.8 Å². The highest BCUT2D eigenvalue weighted by atomic mass is 35.5. The zero-order valence-corrected chi connectivity index (χ0v) is 12.5. The van der Waals surface area contributed by atoms with Crippen LogP contribution < -0.4 is 14.8 Å². The minimum absolute atomic E-state index is 0.0967. The molecule has 0 saturated carbocycles. The predicted octanol–water partition coefficient (Wildman–Crippen LogP) is 2.70. The van der Waals surface area contributed by atoms with Crippen LogP contribution in [0.25, 0.3) is 0 Å². The van der Waals surface area contributed by atoms with Crippen LogP contribution in [0.5, 0.6) is 11.5 Å². The number of hydrogen-bond donors (Lipinski definition) is 1. The van der Waals surface area contributed by atoms with Gasteiger partial charge in [0.1, 0.15) is 11.5 Å². The van der Waals surface area contributed by atoms with E-state index in [9.17, 15) is 4.79 Å². The van der Waals surface area contributed by atoms with E-state index in [-0.39, 0.29) is 11.3 Å². The summed E-state index contributed by atoms with van der Waals surface area (Å²) in [6, 6.07) is 5.09. The van der Waals surface area contributed by atoms with Crippen molar-refractivity contribution >= 4 is 17.5 Å². The van der Waals surface area contributed by atoms with Gasteiger partial charge >= 0.3 is 0 Å². The number of rotatable bonds is 6. The monoisotopic (exact) mass is 285 g/mol. The third-order valence-corrected chi connectivity index (χ3v) is 3.49. The summed E-state index contributed by atoms with van der Waals surface area (Å²) in [5.41, 5.74) is 0.439. The molecule has 1 aromatic rings. The molecule has 0 aliphatic carbocycles. The molecule has 19 heavy (non-hydrogen) atoms. The lowest BCUT2D eigenvalue weighted by Crippen LogP contribution is -2.32. The Labute approximate surface area is 119 Å². The van der Waals surface area contributed by atoms with Gasteiger partial charge < -0.3 is 14.8 Å². The molecule has 0 aromatic heterocycles. The number of amides is 1. The maximum atomic E-state index is 12.1. The van der Waals surface area contributed by atoms with Crippen LogP contribution in [0.4, 0.5) is 0 Å². The Kier molecular flexibility index (Phi) is 5.96. The van der Waals surface area contributed by atoms with Crippen LogP contribution in [-0.4, -0.2) is 32.0 Å². The number of methoxy groups -OCH3 is 2. The van der Waals surface area contributed by atoms with Gasteiger partial charge in [0.15, 0.2) is 0 Å². The van der Waals surface area contributed by atoms with Gasteiger partial charge in [-0.05, 0) is 24.1 Å². The molecule has 1 N–H and O–H groups in total. The van der Waals surface area contributed by atoms with Crippen LogP contribution in [-0.2, 0) is 0 Å². The molecule has 0 fully saturated rings. The number of benzene rings is 1. The molecule has 106 valence electrons. The topological polar surface area (TPSA) is 47.6 Å². The molecule has 1 unspecified atom stereocenters. The average molecular weight is 286 g/mol. The first kappa shape index (κ1) is 15.6. The molecule has 1 aromatic carbocycles. The lowest BCUT2D eigenvalue weighted by atomic mass is 10.1. The van der Waals surface area contributed by atoms with Crippen molar-refractivity contribution in [1.82, 2.24) is 5.32 Å². The van der Waals surface area contributed by atoms with Gasteiger partial charge in [0.25, 0.3) is 5.91 Å². The van der Waals surface area contributed by atoms with Crippen LogP contribution in [0, 0.1) is 5.92 Å². The second kappa shape index (κ2) is 7.24. The molecule has 1 amide bonds. The van der Waals surface area contributed by atoms with E-state index < -0.39 is 0 Å². The maximum absolute atomic E-state index is 12.1. The second-order valence-corrected chi connectivity index (χ2v) is 5.10. The van der Waals surface area contributed by atoms with E-state index in [0.29, 0.717) is 29.5 Å². The van der Waals surface area contributed by atoms with Gasteiger partial charge in [-0.1, -0.05) is 13.8 Å². The van der Waals surface area contributed by atoms with Crippen LogP contribution in [0.1, 0.15) is 24.2 Å². The average Bonchev–Trinajstić information content (AvgIpc) is 2.43. The Morgan fingerprint density at radius 1 is 1.32 bits per heavy atom. The first-order chi connectivity index (χ1) is 8.99. The van der Waals surface area contributed by atoms with Crippen molar-refractivity contribution in [2.45, 2.75) is 19.2 Å². The molecule has 0 bridgehead atoms. The first-order valence-corrected chi connectivity index (χ1v) is 6.57. The fourth-order valence-corrected chi connectivity index (χ4v) is 1.59. The molecule has 1 atom stereocenters. The minimum Gasteiger partial charge on any atom is -0.497 e. The lowest BCUT2D eigenvalue weighted by molar-refractivity contribution is 0.0949. The summed E-state index contributed by atoms with van der Waals surface area (Å²) >= 11 is 6.11. The third-order valence-electron chi connectivity index (χ3n) is 2.83. The zero-order valence-electron chi connectivity index (χ0n) is 11.7. The summed E-state index contributed by atoms with van der Waals surface area (Å²) in [5, 5.41) is 2.70. The molecule has 0 heterocycles. The summed E-state index contributed by atoms with van der Waals surface area (Å²) in [5.74, 6) is 1.20. The van der Waals surface area contributed by atoms with Crippen molar-refractivity contribution in [3.63, 3.8) is 0 Å². The van der Waals surface area contributed by atoms with E-state index in [1.807, 2.05) is 13.8 Å². The SMILES string of the molecule is COc1ccc(OC)c(C(=O)NCC(Cl)C(C)C)c1. The van der Waals surface area contributed by atoms with E-state index >= 15 is 0 Å². The van der Waals surface area contributed by atoms with Gasteiger partial charge in [0, 0.05) is 6.54 Å². The van der Waals surface area contributed by atoms with E-state index in [0.717, 1.165) is 0 Å². The number of hydrogen-bond acceptors (Lipinski definition) is 3. The van der Waals surface area contributed by atoms with Crippen LogP contribution in [0.15, 0.2) is 18.2 Å². The number of carbonyl (C=O) groups is 1. The molecule has 4 nitrogen and oxygen atoms in total. The molecule has 0 radical (unpaired) electrons. The van der Waals surface area contributed by atoms with Crippen LogP contribution >= 0.6 is 11.6 Å². The number of halogens is 1. The Hall–Kier alpha value is -1.42. The van der Waals surface area contributed by atoms with Gasteiger partial charge in [-0.2, -0.15) is 0 Å². The van der Waals surface area contributed by atoms with E-state index in [1.165, 1.54) is 7.11 Å². The summed E-state index contributed by atoms with van der Waals surface area (Å²) in [6.45, 7) is 4.43. The van der Waals surface area contributed by atoms with Crippen molar-refractivity contribution in [2.24, 2.45) is 5.92 Å². The van der Waals surface area contributed by atoms with Gasteiger partial charge in [-0.25, -0.2) is 0 Å². The fourth-order valence-electron chi connectivity index (χ4n) is 1.51. The smallest absolute Gasteiger partial charge is 0.255 e. The molecule has 1 rings (SSSR count). The third kappa shape index (κ3) is 4.31. The van der Waals surface area contributed by atoms with Crippen LogP contribution in [0.2, 0.25) is 0 Å². The first-order valence-electron chi connectivity index (χ1n) is 6.13. The van der Waals surface area contributed by atoms with Gasteiger partial charge in [-0.15, -0.1) is 11.6 Å². The summed E-state index contributed by atoms with van der Waals surface area (Å²) in [6.07, 6.45) is 0. The highest BCUT2D eigenvalue weighted by Crippen LogP contribution is 2.23. The van der Waals surface area contributed by atoms with E-state index in [4.69, 9.17) is 21.1 Å².